The van der Waals surface area contributed by atoms with Crippen LogP contribution in [0.1, 0.15) is 12.8 Å². The van der Waals surface area contributed by atoms with Gasteiger partial charge in [0.25, 0.3) is 0 Å². The van der Waals surface area contributed by atoms with Crippen LogP contribution >= 0.6 is 12.4 Å². The van der Waals surface area contributed by atoms with Crippen LogP contribution in [0.4, 0.5) is 5.82 Å². The molecule has 1 aliphatic carbocycles. The fourth-order valence-electron chi connectivity index (χ4n) is 1.66. The standard InChI is InChI=1S/C10H15N5O3.ClH/c11-8(7-1-2-7)5-12-10(16)6-14-4-3-9(13-14)15(17)18;/h3-4,7-8H,1-2,5-6,11H2,(H,12,16);1H. The lowest BCUT2D eigenvalue weighted by Gasteiger charge is -2.10. The van der Waals surface area contributed by atoms with Crippen molar-refractivity contribution >= 4 is 24.1 Å². The summed E-state index contributed by atoms with van der Waals surface area (Å²) in [5.41, 5.74) is 5.84. The monoisotopic (exact) mass is 289 g/mol. The Hall–Kier alpha value is -1.67. The van der Waals surface area contributed by atoms with E-state index in [1.165, 1.54) is 16.9 Å². The van der Waals surface area contributed by atoms with E-state index in [2.05, 4.69) is 10.4 Å². The van der Waals surface area contributed by atoms with Gasteiger partial charge in [-0.25, -0.2) is 0 Å². The molecule has 1 aromatic heterocycles. The summed E-state index contributed by atoms with van der Waals surface area (Å²) in [6, 6.07) is 1.25. The maximum absolute atomic E-state index is 11.5. The van der Waals surface area contributed by atoms with E-state index >= 15 is 0 Å². The largest absolute Gasteiger partial charge is 0.389 e. The quantitative estimate of drug-likeness (QED) is 0.568. The average Bonchev–Trinajstić information content (AvgIpc) is 3.07. The van der Waals surface area contributed by atoms with E-state index in [0.29, 0.717) is 12.5 Å². The summed E-state index contributed by atoms with van der Waals surface area (Å²) in [6.45, 7) is 0.401. The van der Waals surface area contributed by atoms with Crippen LogP contribution < -0.4 is 11.1 Å². The lowest BCUT2D eigenvalue weighted by Crippen LogP contribution is -2.39. The van der Waals surface area contributed by atoms with Crippen LogP contribution in [0.15, 0.2) is 12.3 Å². The molecule has 8 nitrogen and oxygen atoms in total. The van der Waals surface area contributed by atoms with E-state index in [0.717, 1.165) is 12.8 Å². The van der Waals surface area contributed by atoms with Crippen molar-refractivity contribution in [1.82, 2.24) is 15.1 Å². The van der Waals surface area contributed by atoms with Crippen molar-refractivity contribution in [3.8, 4) is 0 Å². The molecule has 0 saturated heterocycles. The summed E-state index contributed by atoms with van der Waals surface area (Å²) < 4.78 is 1.23. The fourth-order valence-corrected chi connectivity index (χ4v) is 1.66. The lowest BCUT2D eigenvalue weighted by molar-refractivity contribution is -0.389. The van der Waals surface area contributed by atoms with Crippen molar-refractivity contribution in [3.05, 3.63) is 22.4 Å². The molecule has 2 rings (SSSR count). The number of amides is 1. The van der Waals surface area contributed by atoms with Crippen LogP contribution in [0.5, 0.6) is 0 Å². The SMILES string of the molecule is Cl.NC(CNC(=O)Cn1ccc([N+](=O)[O-])n1)C1CC1. The molecule has 1 heterocycles. The first kappa shape index (κ1) is 15.4. The van der Waals surface area contributed by atoms with E-state index in [1.54, 1.807) is 0 Å². The first-order valence-electron chi connectivity index (χ1n) is 5.76. The van der Waals surface area contributed by atoms with Gasteiger partial charge in [-0.3, -0.25) is 4.79 Å². The van der Waals surface area contributed by atoms with E-state index in [4.69, 9.17) is 5.73 Å². The maximum atomic E-state index is 11.5. The highest BCUT2D eigenvalue weighted by Gasteiger charge is 2.28. The van der Waals surface area contributed by atoms with E-state index in [9.17, 15) is 14.9 Å². The number of rotatable bonds is 6. The highest BCUT2D eigenvalue weighted by molar-refractivity contribution is 5.85. The number of nitro groups is 1. The maximum Gasteiger partial charge on any atom is 0.389 e. The number of nitrogens with one attached hydrogen (secondary N) is 1. The number of carbonyl (C=O) groups excluding carboxylic acids is 1. The molecule has 106 valence electrons. The molecule has 1 unspecified atom stereocenters. The molecule has 1 aromatic rings. The second-order valence-electron chi connectivity index (χ2n) is 4.43. The molecule has 9 heteroatoms. The molecule has 1 amide bonds. The third-order valence-electron chi connectivity index (χ3n) is 2.88. The van der Waals surface area contributed by atoms with Crippen molar-refractivity contribution in [3.63, 3.8) is 0 Å². The highest BCUT2D eigenvalue weighted by Crippen LogP contribution is 2.31. The number of hydrogen-bond donors (Lipinski definition) is 2. The summed E-state index contributed by atoms with van der Waals surface area (Å²) in [5.74, 6) is 0.0117. The Bertz CT molecular complexity index is 460. The van der Waals surface area contributed by atoms with Crippen LogP contribution in [-0.2, 0) is 11.3 Å². The predicted molar refractivity (Wildman–Crippen MR) is 69.8 cm³/mol. The number of nitrogens with two attached hydrogens (primary N) is 1. The van der Waals surface area contributed by atoms with Gasteiger partial charge in [0.1, 0.15) is 6.54 Å². The van der Waals surface area contributed by atoms with Crippen molar-refractivity contribution in [2.45, 2.75) is 25.4 Å². The smallest absolute Gasteiger partial charge is 0.358 e. The summed E-state index contributed by atoms with van der Waals surface area (Å²) in [5, 5.41) is 16.8. The second-order valence-corrected chi connectivity index (χ2v) is 4.43. The number of aromatic nitrogens is 2. The van der Waals surface area contributed by atoms with Gasteiger partial charge in [0.15, 0.2) is 0 Å². The fraction of sp³-hybridized carbons (Fsp3) is 0.600. The minimum Gasteiger partial charge on any atom is -0.358 e. The Kier molecular flexibility index (Phi) is 5.25. The Morgan fingerprint density at radius 1 is 1.68 bits per heavy atom. The summed E-state index contributed by atoms with van der Waals surface area (Å²) in [7, 11) is 0. The molecular formula is C10H16ClN5O3. The summed E-state index contributed by atoms with van der Waals surface area (Å²) in [6.07, 6.45) is 3.66. The number of nitrogens with zero attached hydrogens (tertiary/aromatic N) is 3. The summed E-state index contributed by atoms with van der Waals surface area (Å²) >= 11 is 0. The molecular weight excluding hydrogens is 274 g/mol. The van der Waals surface area contributed by atoms with Crippen molar-refractivity contribution < 1.29 is 9.72 Å². The Labute approximate surface area is 115 Å². The molecule has 0 radical (unpaired) electrons. The molecule has 1 saturated carbocycles. The van der Waals surface area contributed by atoms with Crippen LogP contribution in [-0.4, -0.2) is 33.2 Å². The van der Waals surface area contributed by atoms with Gasteiger partial charge in [-0.2, -0.15) is 4.68 Å². The number of hydrogen-bond acceptors (Lipinski definition) is 5. The van der Waals surface area contributed by atoms with Crippen molar-refractivity contribution in [1.29, 1.82) is 0 Å². The van der Waals surface area contributed by atoms with Crippen LogP contribution in [0.3, 0.4) is 0 Å². The normalized spacial score (nSPS) is 15.4. The molecule has 1 atom stereocenters. The predicted octanol–water partition coefficient (Wildman–Crippen LogP) is 0.0666. The molecule has 1 aliphatic rings. The van der Waals surface area contributed by atoms with Crippen molar-refractivity contribution in [2.75, 3.05) is 6.54 Å². The Morgan fingerprint density at radius 3 is 2.89 bits per heavy atom. The van der Waals surface area contributed by atoms with E-state index in [1.807, 2.05) is 0 Å². The Morgan fingerprint density at radius 2 is 2.37 bits per heavy atom. The van der Waals surface area contributed by atoms with Gasteiger partial charge in [-0.1, -0.05) is 0 Å². The third-order valence-corrected chi connectivity index (χ3v) is 2.88. The Balaban J connectivity index is 0.00000180. The van der Waals surface area contributed by atoms with Gasteiger partial charge in [-0.15, -0.1) is 12.4 Å². The second kappa shape index (κ2) is 6.48. The van der Waals surface area contributed by atoms with E-state index in [-0.39, 0.29) is 36.7 Å². The van der Waals surface area contributed by atoms with Gasteiger partial charge < -0.3 is 21.2 Å². The minimum atomic E-state index is -0.600. The first-order valence-corrected chi connectivity index (χ1v) is 5.76. The van der Waals surface area contributed by atoms with Gasteiger partial charge in [-0.05, 0) is 23.7 Å². The third kappa shape index (κ3) is 4.49. The zero-order valence-electron chi connectivity index (χ0n) is 10.2. The van der Waals surface area contributed by atoms with Gasteiger partial charge in [0.05, 0.1) is 17.4 Å². The molecule has 0 spiro atoms. The molecule has 1 fully saturated rings. The van der Waals surface area contributed by atoms with Crippen LogP contribution in [0, 0.1) is 16.0 Å². The molecule has 0 aromatic carbocycles. The number of carbonyl (C=O) groups is 1. The lowest BCUT2D eigenvalue weighted by atomic mass is 10.2. The zero-order chi connectivity index (χ0) is 13.1. The minimum absolute atomic E-state index is 0. The van der Waals surface area contributed by atoms with Crippen molar-refractivity contribution in [2.24, 2.45) is 11.7 Å². The molecule has 3 N–H and O–H groups in total. The number of halogens is 1. The summed E-state index contributed by atoms with van der Waals surface area (Å²) in [4.78, 5) is 21.4. The van der Waals surface area contributed by atoms with Crippen LogP contribution in [0.2, 0.25) is 0 Å². The molecule has 19 heavy (non-hydrogen) atoms. The average molecular weight is 290 g/mol. The zero-order valence-corrected chi connectivity index (χ0v) is 11.0. The van der Waals surface area contributed by atoms with Gasteiger partial charge >= 0.3 is 5.82 Å². The molecule has 0 aliphatic heterocycles. The topological polar surface area (TPSA) is 116 Å². The molecule has 0 bridgehead atoms. The van der Waals surface area contributed by atoms with E-state index < -0.39 is 4.92 Å². The first-order chi connectivity index (χ1) is 8.56. The van der Waals surface area contributed by atoms with Gasteiger partial charge in [0.2, 0.25) is 5.91 Å². The van der Waals surface area contributed by atoms with Gasteiger partial charge in [0, 0.05) is 12.6 Å². The van der Waals surface area contributed by atoms with Crippen LogP contribution in [0.25, 0.3) is 0 Å². The highest BCUT2D eigenvalue weighted by atomic mass is 35.5.